The lowest BCUT2D eigenvalue weighted by atomic mass is 9.32. The van der Waals surface area contributed by atoms with E-state index in [4.69, 9.17) is 9.84 Å². The van der Waals surface area contributed by atoms with Crippen molar-refractivity contribution in [3.63, 3.8) is 0 Å². The van der Waals surface area contributed by atoms with E-state index in [9.17, 15) is 24.6 Å². The third-order valence-electron chi connectivity index (χ3n) is 15.5. The summed E-state index contributed by atoms with van der Waals surface area (Å²) in [6, 6.07) is 0. The van der Waals surface area contributed by atoms with Crippen LogP contribution < -0.4 is 0 Å². The minimum atomic E-state index is -1.74. The van der Waals surface area contributed by atoms with E-state index in [0.29, 0.717) is 35.5 Å². The topological polar surface area (TPSA) is 121 Å². The number of aliphatic hydroxyl groups excluding tert-OH is 1. The van der Waals surface area contributed by atoms with Gasteiger partial charge in [0, 0.05) is 5.41 Å². The summed E-state index contributed by atoms with van der Waals surface area (Å²) in [7, 11) is 0. The normalized spacial score (nSPS) is 51.2. The van der Waals surface area contributed by atoms with Gasteiger partial charge >= 0.3 is 17.9 Å². The second kappa shape index (κ2) is 9.68. The second-order valence-corrected chi connectivity index (χ2v) is 17.1. The number of carboxylic acids is 2. The standard InChI is InChI=1S/C35H54O7/c1-19-17-21(19)20-9-14-35(30(40)41)16-15-33(5)22(28(20)35)7-8-25-32(4)12-11-26(42-27(37)18-23(36)29(38)39)31(2,3)24(32)10-13-34(25,33)6/h19-26,28,36H,7-18H2,1-6H3,(H,38,39)(H,40,41)/t19?,20-,21?,22+,23-,24-,25+,26-,28+,32-,33+,34+,35-/m0/s1. The molecule has 3 N–H and O–H groups in total. The predicted octanol–water partition coefficient (Wildman–Crippen LogP) is 6.56. The van der Waals surface area contributed by atoms with Gasteiger partial charge in [0.05, 0.1) is 11.8 Å². The number of carbonyl (C=O) groups excluding carboxylic acids is 1. The van der Waals surface area contributed by atoms with Gasteiger partial charge in [-0.15, -0.1) is 0 Å². The van der Waals surface area contributed by atoms with Gasteiger partial charge in [-0.05, 0) is 128 Å². The molecule has 7 heteroatoms. The summed E-state index contributed by atoms with van der Waals surface area (Å²) in [4.78, 5) is 36.7. The molecule has 0 aliphatic heterocycles. The zero-order valence-electron chi connectivity index (χ0n) is 26.7. The van der Waals surface area contributed by atoms with E-state index in [1.54, 1.807) is 0 Å². The Morgan fingerprint density at radius 2 is 1.50 bits per heavy atom. The number of hydrogen-bond acceptors (Lipinski definition) is 5. The van der Waals surface area contributed by atoms with Gasteiger partial charge in [-0.1, -0.05) is 41.5 Å². The number of carboxylic acid groups (broad SMARTS) is 2. The Bertz CT molecular complexity index is 1150. The van der Waals surface area contributed by atoms with Crippen LogP contribution in [0.5, 0.6) is 0 Å². The van der Waals surface area contributed by atoms with Crippen molar-refractivity contribution in [1.82, 2.24) is 0 Å². The SMILES string of the molecule is CC1CC1[C@@H]1CC[C@]2(C(=O)O)CC[C@]3(C)[C@H](CC[C@@H]4[C@@]5(C)CC[C@H](OC(=O)C[C@H](O)C(=O)O)C(C)(C)[C@@H]5CC[C@]43C)[C@@H]12. The fourth-order valence-corrected chi connectivity index (χ4v) is 13.1. The van der Waals surface area contributed by atoms with Crippen LogP contribution in [0.15, 0.2) is 0 Å². The third-order valence-corrected chi connectivity index (χ3v) is 15.5. The van der Waals surface area contributed by atoms with E-state index in [1.807, 2.05) is 0 Å². The molecule has 0 amide bonds. The summed E-state index contributed by atoms with van der Waals surface area (Å²) in [5.74, 6) is 1.13. The van der Waals surface area contributed by atoms with Crippen molar-refractivity contribution in [3.8, 4) is 0 Å². The fraction of sp³-hybridized carbons (Fsp3) is 0.914. The zero-order chi connectivity index (χ0) is 30.6. The van der Waals surface area contributed by atoms with Gasteiger partial charge in [-0.25, -0.2) is 4.79 Å². The van der Waals surface area contributed by atoms with Crippen LogP contribution in [0.2, 0.25) is 0 Å². The molecule has 0 bridgehead atoms. The number of aliphatic hydroxyl groups is 1. The number of esters is 1. The Labute approximate surface area is 251 Å². The highest BCUT2D eigenvalue weighted by molar-refractivity contribution is 5.80. The molecule has 13 atom stereocenters. The quantitative estimate of drug-likeness (QED) is 0.302. The van der Waals surface area contributed by atoms with Crippen molar-refractivity contribution in [1.29, 1.82) is 0 Å². The summed E-state index contributed by atoms with van der Waals surface area (Å²) in [5.41, 5.74) is -0.442. The highest BCUT2D eigenvalue weighted by Crippen LogP contribution is 2.78. The van der Waals surface area contributed by atoms with Gasteiger partial charge in [-0.2, -0.15) is 0 Å². The van der Waals surface area contributed by atoms with Crippen LogP contribution in [0.4, 0.5) is 0 Å². The molecule has 0 aromatic carbocycles. The summed E-state index contributed by atoms with van der Waals surface area (Å²) < 4.78 is 5.90. The van der Waals surface area contributed by atoms with Crippen LogP contribution in [0.1, 0.15) is 119 Å². The maximum absolute atomic E-state index is 13.0. The average Bonchev–Trinajstić information content (AvgIpc) is 3.48. The smallest absolute Gasteiger partial charge is 0.333 e. The zero-order valence-corrected chi connectivity index (χ0v) is 26.7. The second-order valence-electron chi connectivity index (χ2n) is 17.1. The van der Waals surface area contributed by atoms with Gasteiger partial charge in [0.15, 0.2) is 6.10 Å². The molecule has 6 aliphatic rings. The lowest BCUT2D eigenvalue weighted by Crippen LogP contribution is -2.67. The third kappa shape index (κ3) is 4.03. The summed E-state index contributed by atoms with van der Waals surface area (Å²) in [5, 5.41) is 29.4. The number of aliphatic carboxylic acids is 2. The Hall–Kier alpha value is -1.63. The Kier molecular flexibility index (Phi) is 7.01. The largest absolute Gasteiger partial charge is 0.481 e. The Morgan fingerprint density at radius 1 is 0.810 bits per heavy atom. The number of carbonyl (C=O) groups is 3. The van der Waals surface area contributed by atoms with E-state index in [0.717, 1.165) is 70.1 Å². The van der Waals surface area contributed by atoms with Gasteiger partial charge in [0.1, 0.15) is 6.10 Å². The summed E-state index contributed by atoms with van der Waals surface area (Å²) in [6.07, 6.45) is 8.66. The van der Waals surface area contributed by atoms with Crippen LogP contribution in [-0.4, -0.2) is 45.4 Å². The molecular formula is C35H54O7. The summed E-state index contributed by atoms with van der Waals surface area (Å²) in [6.45, 7) is 14.4. The van der Waals surface area contributed by atoms with Gasteiger partial charge in [0.25, 0.3) is 0 Å². The Morgan fingerprint density at radius 3 is 2.12 bits per heavy atom. The summed E-state index contributed by atoms with van der Waals surface area (Å²) >= 11 is 0. The van der Waals surface area contributed by atoms with Crippen LogP contribution >= 0.6 is 0 Å². The average molecular weight is 587 g/mol. The minimum absolute atomic E-state index is 0.0926. The number of ether oxygens (including phenoxy) is 1. The van der Waals surface area contributed by atoms with Crippen molar-refractivity contribution < 1.29 is 34.4 Å². The highest BCUT2D eigenvalue weighted by Gasteiger charge is 2.73. The molecule has 0 spiro atoms. The monoisotopic (exact) mass is 586 g/mol. The first-order chi connectivity index (χ1) is 19.5. The first-order valence-corrected chi connectivity index (χ1v) is 16.9. The van der Waals surface area contributed by atoms with Gasteiger partial charge < -0.3 is 20.1 Å². The van der Waals surface area contributed by atoms with Crippen LogP contribution in [-0.2, 0) is 19.1 Å². The maximum Gasteiger partial charge on any atom is 0.333 e. The first kappa shape index (κ1) is 30.4. The molecule has 6 saturated carbocycles. The van der Waals surface area contributed by atoms with E-state index < -0.39 is 35.8 Å². The van der Waals surface area contributed by atoms with E-state index in [1.165, 1.54) is 6.42 Å². The first-order valence-electron chi connectivity index (χ1n) is 16.9. The van der Waals surface area contributed by atoms with Crippen molar-refractivity contribution in [2.24, 2.45) is 68.5 Å². The highest BCUT2D eigenvalue weighted by atomic mass is 16.5. The molecule has 236 valence electrons. The molecule has 42 heavy (non-hydrogen) atoms. The molecule has 7 nitrogen and oxygen atoms in total. The molecule has 2 unspecified atom stereocenters. The van der Waals surface area contributed by atoms with Gasteiger partial charge in [0.2, 0.25) is 0 Å². The fourth-order valence-electron chi connectivity index (χ4n) is 13.1. The maximum atomic E-state index is 13.0. The molecule has 0 heterocycles. The van der Waals surface area contributed by atoms with E-state index in [-0.39, 0.29) is 27.8 Å². The van der Waals surface area contributed by atoms with Crippen molar-refractivity contribution in [2.75, 3.05) is 0 Å². The lowest BCUT2D eigenvalue weighted by Gasteiger charge is -2.72. The molecule has 6 rings (SSSR count). The molecule has 6 fully saturated rings. The predicted molar refractivity (Wildman–Crippen MR) is 157 cm³/mol. The number of rotatable bonds is 6. The molecular weight excluding hydrogens is 532 g/mol. The minimum Gasteiger partial charge on any atom is -0.481 e. The lowest BCUT2D eigenvalue weighted by molar-refractivity contribution is -0.251. The molecule has 0 aromatic rings. The van der Waals surface area contributed by atoms with Crippen molar-refractivity contribution in [2.45, 2.75) is 131 Å². The van der Waals surface area contributed by atoms with E-state index >= 15 is 0 Å². The molecule has 0 aromatic heterocycles. The van der Waals surface area contributed by atoms with Crippen molar-refractivity contribution in [3.05, 3.63) is 0 Å². The molecule has 6 aliphatic carbocycles. The number of fused-ring (bicyclic) bond motifs is 7. The Balaban J connectivity index is 1.27. The molecule has 0 saturated heterocycles. The van der Waals surface area contributed by atoms with E-state index in [2.05, 4.69) is 41.5 Å². The molecule has 0 radical (unpaired) electrons. The van der Waals surface area contributed by atoms with Crippen molar-refractivity contribution >= 4 is 17.9 Å². The van der Waals surface area contributed by atoms with Crippen LogP contribution in [0.3, 0.4) is 0 Å². The van der Waals surface area contributed by atoms with Crippen LogP contribution in [0, 0.1) is 68.5 Å². The number of hydrogen-bond donors (Lipinski definition) is 3. The van der Waals surface area contributed by atoms with Crippen LogP contribution in [0.25, 0.3) is 0 Å². The van der Waals surface area contributed by atoms with Gasteiger partial charge in [-0.3, -0.25) is 9.59 Å².